The van der Waals surface area contributed by atoms with Crippen LogP contribution in [-0.4, -0.2) is 0 Å². The lowest BCUT2D eigenvalue weighted by molar-refractivity contribution is 0.241. The molecule has 0 aliphatic carbocycles. The normalized spacial score (nSPS) is 11.2. The molecule has 0 spiro atoms. The van der Waals surface area contributed by atoms with Crippen LogP contribution in [0.2, 0.25) is 0 Å². The summed E-state index contributed by atoms with van der Waals surface area (Å²) in [6, 6.07) is 27.7. The van der Waals surface area contributed by atoms with Gasteiger partial charge in [-0.1, -0.05) is 97.1 Å². The summed E-state index contributed by atoms with van der Waals surface area (Å²) in [6.07, 6.45) is 8.32. The molecule has 0 bridgehead atoms. The molecule has 45 heavy (non-hydrogen) atoms. The summed E-state index contributed by atoms with van der Waals surface area (Å²) in [5, 5.41) is 0. The SMILES string of the molecule is C=CCc1ccccc1OP(=O)(Oc1ccccc1CC=C)OP(=O)(Oc1ccccc1CC=C)Oc1ccccc1CC=C. The van der Waals surface area contributed by atoms with Crippen LogP contribution in [-0.2, 0) is 39.1 Å². The van der Waals surface area contributed by atoms with Crippen molar-refractivity contribution in [3.05, 3.63) is 170 Å². The zero-order chi connectivity index (χ0) is 32.1. The van der Waals surface area contributed by atoms with Gasteiger partial charge in [0.1, 0.15) is 23.0 Å². The lowest BCUT2D eigenvalue weighted by Gasteiger charge is -2.26. The largest absolute Gasteiger partial charge is 0.598 e. The summed E-state index contributed by atoms with van der Waals surface area (Å²) in [7, 11) is -9.69. The topological polar surface area (TPSA) is 80.3 Å². The minimum absolute atomic E-state index is 0.188. The van der Waals surface area contributed by atoms with Crippen LogP contribution in [0.4, 0.5) is 0 Å². The first kappa shape index (κ1) is 33.4. The molecular formula is C36H36O7P2. The van der Waals surface area contributed by atoms with Crippen molar-refractivity contribution < 1.29 is 31.5 Å². The van der Waals surface area contributed by atoms with E-state index >= 15 is 0 Å². The number of allylic oxidation sites excluding steroid dienone is 4. The number of rotatable bonds is 18. The molecule has 0 N–H and O–H groups in total. The third-order valence-electron chi connectivity index (χ3n) is 6.39. The van der Waals surface area contributed by atoms with E-state index in [1.807, 2.05) is 24.3 Å². The molecule has 0 saturated carbocycles. The van der Waals surface area contributed by atoms with Crippen LogP contribution in [0.15, 0.2) is 148 Å². The molecule has 9 heteroatoms. The Labute approximate surface area is 265 Å². The molecule has 0 heterocycles. The van der Waals surface area contributed by atoms with Gasteiger partial charge in [-0.2, -0.15) is 0 Å². The highest BCUT2D eigenvalue weighted by Crippen LogP contribution is 2.65. The van der Waals surface area contributed by atoms with E-state index in [9.17, 15) is 9.13 Å². The van der Waals surface area contributed by atoms with E-state index in [1.54, 1.807) is 97.1 Å². The van der Waals surface area contributed by atoms with Crippen LogP contribution in [0, 0.1) is 0 Å². The monoisotopic (exact) mass is 642 g/mol. The van der Waals surface area contributed by atoms with Crippen LogP contribution in [0.3, 0.4) is 0 Å². The summed E-state index contributed by atoms with van der Waals surface area (Å²) in [5.74, 6) is 0.750. The summed E-state index contributed by atoms with van der Waals surface area (Å²) in [6.45, 7) is 15.2. The van der Waals surface area contributed by atoms with Crippen LogP contribution >= 0.6 is 15.6 Å². The Kier molecular flexibility index (Phi) is 11.8. The van der Waals surface area contributed by atoms with Gasteiger partial charge in [0.2, 0.25) is 0 Å². The van der Waals surface area contributed by atoms with Crippen molar-refractivity contribution in [2.45, 2.75) is 25.7 Å². The minimum atomic E-state index is -4.84. The zero-order valence-electron chi connectivity index (χ0n) is 25.0. The third kappa shape index (κ3) is 9.23. The molecular weight excluding hydrogens is 606 g/mol. The predicted molar refractivity (Wildman–Crippen MR) is 180 cm³/mol. The Balaban J connectivity index is 1.85. The number of hydrogen-bond donors (Lipinski definition) is 0. The van der Waals surface area contributed by atoms with Gasteiger partial charge in [-0.15, -0.1) is 30.6 Å². The highest BCUT2D eigenvalue weighted by atomic mass is 31.3. The fourth-order valence-electron chi connectivity index (χ4n) is 4.38. The van der Waals surface area contributed by atoms with Crippen molar-refractivity contribution in [2.75, 3.05) is 0 Å². The summed E-state index contributed by atoms with van der Waals surface area (Å²) < 4.78 is 59.6. The number of hydrogen-bond acceptors (Lipinski definition) is 7. The zero-order valence-corrected chi connectivity index (χ0v) is 26.7. The average Bonchev–Trinajstić information content (AvgIpc) is 3.01. The second-order valence-electron chi connectivity index (χ2n) is 9.74. The van der Waals surface area contributed by atoms with Crippen molar-refractivity contribution in [1.82, 2.24) is 0 Å². The molecule has 4 rings (SSSR count). The van der Waals surface area contributed by atoms with Gasteiger partial charge in [0.25, 0.3) is 0 Å². The highest BCUT2D eigenvalue weighted by molar-refractivity contribution is 7.63. The van der Waals surface area contributed by atoms with Gasteiger partial charge in [-0.25, -0.2) is 9.13 Å². The highest BCUT2D eigenvalue weighted by Gasteiger charge is 2.47. The number of phosphoric ester groups is 2. The van der Waals surface area contributed by atoms with E-state index in [2.05, 4.69) is 26.3 Å². The smallest absolute Gasteiger partial charge is 0.394 e. The standard InChI is InChI=1S/C36H36O7P2/c1-5-17-29-21-9-13-25-33(29)39-44(37,40-34-26-14-10-22-30(34)18-6-2)43-45(38,41-35-27-15-11-23-31(35)19-7-3)42-36-28-16-12-24-32(36)20-8-4/h5-16,21-28H,1-4,17-20H2. The number of phosphoric acid groups is 2. The maximum Gasteiger partial charge on any atom is 0.598 e. The van der Waals surface area contributed by atoms with Crippen molar-refractivity contribution in [1.29, 1.82) is 0 Å². The second kappa shape index (κ2) is 16.0. The van der Waals surface area contributed by atoms with Gasteiger partial charge < -0.3 is 18.1 Å². The molecule has 0 saturated heterocycles. The molecule has 4 aromatic rings. The second-order valence-corrected chi connectivity index (χ2v) is 12.9. The number of benzene rings is 4. The molecule has 0 fully saturated rings. The van der Waals surface area contributed by atoms with Gasteiger partial charge >= 0.3 is 15.6 Å². The van der Waals surface area contributed by atoms with E-state index in [0.29, 0.717) is 47.9 Å². The van der Waals surface area contributed by atoms with Crippen molar-refractivity contribution in [3.8, 4) is 23.0 Å². The predicted octanol–water partition coefficient (Wildman–Crippen LogP) is 10.4. The van der Waals surface area contributed by atoms with E-state index in [4.69, 9.17) is 22.4 Å². The third-order valence-corrected chi connectivity index (χ3v) is 9.67. The molecule has 232 valence electrons. The van der Waals surface area contributed by atoms with E-state index in [0.717, 1.165) is 0 Å². The Bertz CT molecular complexity index is 1500. The van der Waals surface area contributed by atoms with Crippen LogP contribution in [0.1, 0.15) is 22.3 Å². The molecule has 7 nitrogen and oxygen atoms in total. The summed E-state index contributed by atoms with van der Waals surface area (Å²) >= 11 is 0. The molecule has 4 aromatic carbocycles. The van der Waals surface area contributed by atoms with Gasteiger partial charge in [-0.3, -0.25) is 0 Å². The molecule has 0 aliphatic rings. The minimum Gasteiger partial charge on any atom is -0.394 e. The number of para-hydroxylation sites is 4. The fraction of sp³-hybridized carbons (Fsp3) is 0.111. The first-order chi connectivity index (χ1) is 21.8. The van der Waals surface area contributed by atoms with Crippen molar-refractivity contribution >= 4 is 15.6 Å². The van der Waals surface area contributed by atoms with Gasteiger partial charge in [-0.05, 0) is 72.2 Å². The van der Waals surface area contributed by atoms with Crippen molar-refractivity contribution in [2.24, 2.45) is 0 Å². The lowest BCUT2D eigenvalue weighted by atomic mass is 10.1. The molecule has 0 amide bonds. The first-order valence-electron chi connectivity index (χ1n) is 14.3. The maximum atomic E-state index is 14.8. The molecule has 0 aliphatic heterocycles. The summed E-state index contributed by atoms with van der Waals surface area (Å²) in [5.41, 5.74) is 2.62. The Morgan fingerprint density at radius 3 is 0.867 bits per heavy atom. The Morgan fingerprint density at radius 1 is 0.422 bits per heavy atom. The lowest BCUT2D eigenvalue weighted by Crippen LogP contribution is -2.12. The Hall–Kier alpha value is -4.54. The molecule has 0 radical (unpaired) electrons. The molecule has 0 atom stereocenters. The summed E-state index contributed by atoms with van der Waals surface area (Å²) in [4.78, 5) is 0. The quantitative estimate of drug-likeness (QED) is 0.0789. The molecule has 0 unspecified atom stereocenters. The van der Waals surface area contributed by atoms with Gasteiger partial charge in [0.05, 0.1) is 0 Å². The van der Waals surface area contributed by atoms with E-state index in [1.165, 1.54) is 0 Å². The Morgan fingerprint density at radius 2 is 0.644 bits per heavy atom. The van der Waals surface area contributed by atoms with Crippen molar-refractivity contribution in [3.63, 3.8) is 0 Å². The van der Waals surface area contributed by atoms with E-state index < -0.39 is 15.6 Å². The first-order valence-corrected chi connectivity index (χ1v) is 17.2. The van der Waals surface area contributed by atoms with E-state index in [-0.39, 0.29) is 23.0 Å². The van der Waals surface area contributed by atoms with Crippen LogP contribution in [0.25, 0.3) is 0 Å². The maximum absolute atomic E-state index is 14.8. The van der Waals surface area contributed by atoms with Gasteiger partial charge in [0, 0.05) is 0 Å². The fourth-order valence-corrected chi connectivity index (χ4v) is 7.64. The van der Waals surface area contributed by atoms with Crippen LogP contribution < -0.4 is 18.1 Å². The van der Waals surface area contributed by atoms with Crippen LogP contribution in [0.5, 0.6) is 23.0 Å². The average molecular weight is 643 g/mol. The molecule has 0 aromatic heterocycles. The van der Waals surface area contributed by atoms with Gasteiger partial charge in [0.15, 0.2) is 0 Å².